The van der Waals surface area contributed by atoms with E-state index in [2.05, 4.69) is 21.8 Å². The van der Waals surface area contributed by atoms with Gasteiger partial charge in [-0.25, -0.2) is 9.78 Å². The molecule has 4 heteroatoms. The van der Waals surface area contributed by atoms with Crippen LogP contribution in [0.5, 0.6) is 0 Å². The van der Waals surface area contributed by atoms with Gasteiger partial charge in [0.15, 0.2) is 0 Å². The predicted octanol–water partition coefficient (Wildman–Crippen LogP) is -0.886. The fourth-order valence-electron chi connectivity index (χ4n) is 0.552. The maximum atomic E-state index is 10.4. The Bertz CT molecular complexity index is 325. The maximum Gasteiger partial charge on any atom is 0.344 e. The minimum absolute atomic E-state index is 0.195. The number of hydrogen-bond donors (Lipinski definition) is 2. The van der Waals surface area contributed by atoms with Crippen LogP contribution in [0.1, 0.15) is 5.56 Å². The maximum absolute atomic E-state index is 10.4. The second-order valence-corrected chi connectivity index (χ2v) is 1.77. The van der Waals surface area contributed by atoms with Crippen LogP contribution in [0.15, 0.2) is 17.2 Å². The number of aromatic nitrogens is 2. The van der Waals surface area contributed by atoms with Crippen LogP contribution in [-0.2, 0) is 0 Å². The molecule has 11 heavy (non-hydrogen) atoms. The van der Waals surface area contributed by atoms with Crippen molar-refractivity contribution in [2.45, 2.75) is 0 Å². The van der Waals surface area contributed by atoms with E-state index < -0.39 is 5.69 Å². The summed E-state index contributed by atoms with van der Waals surface area (Å²) in [6.45, 7) is -0.195. The van der Waals surface area contributed by atoms with E-state index in [0.717, 1.165) is 0 Å². The third kappa shape index (κ3) is 2.24. The van der Waals surface area contributed by atoms with Crippen molar-refractivity contribution in [3.05, 3.63) is 28.4 Å². The van der Waals surface area contributed by atoms with Crippen LogP contribution in [0.25, 0.3) is 0 Å². The summed E-state index contributed by atoms with van der Waals surface area (Å²) in [6.07, 6.45) is 2.79. The Morgan fingerprint density at radius 3 is 3.09 bits per heavy atom. The summed E-state index contributed by atoms with van der Waals surface area (Å²) < 4.78 is 0. The topological polar surface area (TPSA) is 66.0 Å². The fourth-order valence-corrected chi connectivity index (χ4v) is 0.552. The standard InChI is InChI=1S/C7H6N2O2/c10-3-1-2-6-4-8-7(11)9-5-6/h4-5,10H,3H2,(H,8,9,11). The average Bonchev–Trinajstić information content (AvgIpc) is 2.04. The van der Waals surface area contributed by atoms with Crippen LogP contribution in [0.2, 0.25) is 0 Å². The first-order valence-electron chi connectivity index (χ1n) is 2.97. The lowest BCUT2D eigenvalue weighted by molar-refractivity contribution is 0.350. The van der Waals surface area contributed by atoms with Crippen molar-refractivity contribution in [2.24, 2.45) is 0 Å². The van der Waals surface area contributed by atoms with E-state index in [-0.39, 0.29) is 6.61 Å². The van der Waals surface area contributed by atoms with Gasteiger partial charge in [-0.3, -0.25) is 0 Å². The molecule has 2 N–H and O–H groups in total. The van der Waals surface area contributed by atoms with Gasteiger partial charge >= 0.3 is 5.69 Å². The van der Waals surface area contributed by atoms with Crippen molar-refractivity contribution in [1.29, 1.82) is 0 Å². The highest BCUT2D eigenvalue weighted by Gasteiger charge is 1.84. The largest absolute Gasteiger partial charge is 0.384 e. The van der Waals surface area contributed by atoms with Gasteiger partial charge in [-0.05, 0) is 0 Å². The molecule has 56 valence electrons. The van der Waals surface area contributed by atoms with Crippen LogP contribution in [0.3, 0.4) is 0 Å². The van der Waals surface area contributed by atoms with E-state index in [0.29, 0.717) is 5.56 Å². The number of nitrogens with one attached hydrogen (secondary N) is 1. The van der Waals surface area contributed by atoms with E-state index in [9.17, 15) is 4.79 Å². The van der Waals surface area contributed by atoms with E-state index in [1.807, 2.05) is 0 Å². The van der Waals surface area contributed by atoms with Crippen molar-refractivity contribution in [3.63, 3.8) is 0 Å². The molecule has 1 rings (SSSR count). The zero-order chi connectivity index (χ0) is 8.10. The molecule has 0 amide bonds. The Kier molecular flexibility index (Phi) is 2.42. The number of H-pyrrole nitrogens is 1. The van der Waals surface area contributed by atoms with E-state index in [1.165, 1.54) is 12.4 Å². The van der Waals surface area contributed by atoms with Gasteiger partial charge in [0.2, 0.25) is 0 Å². The first kappa shape index (κ1) is 7.51. The first-order chi connectivity index (χ1) is 5.33. The molecular formula is C7H6N2O2. The van der Waals surface area contributed by atoms with Gasteiger partial charge in [-0.1, -0.05) is 11.8 Å². The molecule has 1 aromatic heterocycles. The molecule has 1 aromatic rings. The summed E-state index contributed by atoms with van der Waals surface area (Å²) >= 11 is 0. The number of hydrogen-bond acceptors (Lipinski definition) is 3. The van der Waals surface area contributed by atoms with E-state index in [4.69, 9.17) is 5.11 Å². The van der Waals surface area contributed by atoms with Gasteiger partial charge in [0.1, 0.15) is 6.61 Å². The van der Waals surface area contributed by atoms with Crippen LogP contribution < -0.4 is 5.69 Å². The highest BCUT2D eigenvalue weighted by Crippen LogP contribution is 1.84. The van der Waals surface area contributed by atoms with Crippen molar-refractivity contribution in [1.82, 2.24) is 9.97 Å². The zero-order valence-electron chi connectivity index (χ0n) is 5.66. The Balaban J connectivity index is 2.90. The van der Waals surface area contributed by atoms with Gasteiger partial charge in [-0.15, -0.1) is 0 Å². The molecule has 0 aliphatic carbocycles. The first-order valence-corrected chi connectivity index (χ1v) is 2.97. The Labute approximate surface area is 62.9 Å². The van der Waals surface area contributed by atoms with Gasteiger partial charge in [-0.2, -0.15) is 0 Å². The Morgan fingerprint density at radius 1 is 1.73 bits per heavy atom. The van der Waals surface area contributed by atoms with Gasteiger partial charge in [0.25, 0.3) is 0 Å². The fraction of sp³-hybridized carbons (Fsp3) is 0.143. The number of aromatic amines is 1. The lowest BCUT2D eigenvalue weighted by Crippen LogP contribution is -2.08. The minimum Gasteiger partial charge on any atom is -0.384 e. The average molecular weight is 150 g/mol. The normalized spacial score (nSPS) is 8.45. The molecule has 0 saturated heterocycles. The molecule has 0 aromatic carbocycles. The van der Waals surface area contributed by atoms with Crippen LogP contribution in [-0.4, -0.2) is 21.7 Å². The minimum atomic E-state index is -0.403. The summed E-state index contributed by atoms with van der Waals surface area (Å²) in [7, 11) is 0. The smallest absolute Gasteiger partial charge is 0.344 e. The summed E-state index contributed by atoms with van der Waals surface area (Å²) in [4.78, 5) is 16.2. The van der Waals surface area contributed by atoms with Gasteiger partial charge < -0.3 is 10.1 Å². The lowest BCUT2D eigenvalue weighted by Gasteiger charge is -1.84. The highest BCUT2D eigenvalue weighted by molar-refractivity contribution is 5.28. The van der Waals surface area contributed by atoms with Crippen LogP contribution in [0.4, 0.5) is 0 Å². The van der Waals surface area contributed by atoms with Gasteiger partial charge in [0.05, 0.1) is 5.56 Å². The predicted molar refractivity (Wildman–Crippen MR) is 38.8 cm³/mol. The summed E-state index contributed by atoms with van der Waals surface area (Å²) in [5.41, 5.74) is 0.179. The quantitative estimate of drug-likeness (QED) is 0.472. The second kappa shape index (κ2) is 3.54. The monoisotopic (exact) mass is 150 g/mol. The van der Waals surface area contributed by atoms with Crippen LogP contribution >= 0.6 is 0 Å². The molecule has 4 nitrogen and oxygen atoms in total. The van der Waals surface area contributed by atoms with Crippen molar-refractivity contribution >= 4 is 0 Å². The molecular weight excluding hydrogens is 144 g/mol. The Morgan fingerprint density at radius 2 is 2.55 bits per heavy atom. The van der Waals surface area contributed by atoms with Crippen molar-refractivity contribution in [3.8, 4) is 11.8 Å². The molecule has 0 radical (unpaired) electrons. The Hall–Kier alpha value is -1.60. The molecule has 0 saturated carbocycles. The molecule has 0 aliphatic heterocycles. The number of aliphatic hydroxyl groups excluding tert-OH is 1. The number of aliphatic hydroxyl groups is 1. The van der Waals surface area contributed by atoms with Crippen molar-refractivity contribution < 1.29 is 5.11 Å². The molecule has 1 heterocycles. The van der Waals surface area contributed by atoms with Gasteiger partial charge in [0, 0.05) is 12.4 Å². The van der Waals surface area contributed by atoms with Crippen molar-refractivity contribution in [2.75, 3.05) is 6.61 Å². The SMILES string of the molecule is O=c1ncc(C#CCO)c[nH]1. The summed E-state index contributed by atoms with van der Waals surface area (Å²) in [6, 6.07) is 0. The molecule has 0 unspecified atom stereocenters. The number of rotatable bonds is 0. The lowest BCUT2D eigenvalue weighted by atomic mass is 10.3. The van der Waals surface area contributed by atoms with E-state index in [1.54, 1.807) is 0 Å². The third-order valence-electron chi connectivity index (χ3n) is 0.984. The molecule has 0 atom stereocenters. The van der Waals surface area contributed by atoms with E-state index >= 15 is 0 Å². The summed E-state index contributed by atoms with van der Waals surface area (Å²) in [5.74, 6) is 5.02. The molecule has 0 fully saturated rings. The third-order valence-corrected chi connectivity index (χ3v) is 0.984. The molecule has 0 spiro atoms. The molecule has 0 aliphatic rings. The van der Waals surface area contributed by atoms with Crippen LogP contribution in [0, 0.1) is 11.8 Å². The second-order valence-electron chi connectivity index (χ2n) is 1.77. The highest BCUT2D eigenvalue weighted by atomic mass is 16.2. The number of nitrogens with zero attached hydrogens (tertiary/aromatic N) is 1. The zero-order valence-corrected chi connectivity index (χ0v) is 5.66. The molecule has 0 bridgehead atoms. The summed E-state index contributed by atoms with van der Waals surface area (Å²) in [5, 5.41) is 8.32.